The van der Waals surface area contributed by atoms with Crippen molar-refractivity contribution >= 4 is 51.1 Å². The van der Waals surface area contributed by atoms with E-state index < -0.39 is 23.0 Å². The molecule has 0 aromatic carbocycles. The number of hydrogen-bond donors (Lipinski definition) is 1. The average molecular weight is 330 g/mol. The van der Waals surface area contributed by atoms with E-state index in [-0.39, 0.29) is 22.5 Å². The fourth-order valence-corrected chi connectivity index (χ4v) is 3.04. The van der Waals surface area contributed by atoms with Gasteiger partial charge in [0.1, 0.15) is 0 Å². The summed E-state index contributed by atoms with van der Waals surface area (Å²) in [5.74, 6) is -1.16. The second-order valence-electron chi connectivity index (χ2n) is 3.94. The van der Waals surface area contributed by atoms with Gasteiger partial charge in [-0.15, -0.1) is 11.3 Å². The third kappa shape index (κ3) is 2.51. The number of rotatable bonds is 1. The minimum Gasteiger partial charge on any atom is -0.282 e. The van der Waals surface area contributed by atoms with Gasteiger partial charge in [-0.05, 0) is 29.3 Å². The monoisotopic (exact) mass is 330 g/mol. The zero-order chi connectivity index (χ0) is 15.2. The van der Waals surface area contributed by atoms with Crippen molar-refractivity contribution in [3.8, 4) is 0 Å². The van der Waals surface area contributed by atoms with E-state index in [2.05, 4.69) is 10.1 Å². The van der Waals surface area contributed by atoms with Crippen molar-refractivity contribution in [3.63, 3.8) is 0 Å². The molecule has 0 aliphatic carbocycles. The summed E-state index contributed by atoms with van der Waals surface area (Å²) in [6.45, 7) is 0. The van der Waals surface area contributed by atoms with Crippen molar-refractivity contribution in [3.05, 3.63) is 28.0 Å². The highest BCUT2D eigenvalue weighted by molar-refractivity contribution is 8.27. The van der Waals surface area contributed by atoms with Crippen LogP contribution in [0.5, 0.6) is 0 Å². The van der Waals surface area contributed by atoms with Gasteiger partial charge in [-0.25, -0.2) is 0 Å². The molecular formula is C11H5F3N4OS2. The van der Waals surface area contributed by atoms with E-state index in [4.69, 9.17) is 5.41 Å². The van der Waals surface area contributed by atoms with Gasteiger partial charge in [-0.1, -0.05) is 6.07 Å². The fourth-order valence-electron chi connectivity index (χ4n) is 1.62. The number of halogens is 3. The minimum atomic E-state index is -4.63. The Labute approximate surface area is 124 Å². The van der Waals surface area contributed by atoms with Crippen LogP contribution in [0.15, 0.2) is 33.2 Å². The molecule has 1 amide bonds. The molecule has 0 spiro atoms. The second-order valence-corrected chi connectivity index (χ2v) is 5.87. The van der Waals surface area contributed by atoms with Crippen LogP contribution in [0.3, 0.4) is 0 Å². The lowest BCUT2D eigenvalue weighted by molar-refractivity contribution is -0.114. The summed E-state index contributed by atoms with van der Waals surface area (Å²) in [5.41, 5.74) is -0.0889. The van der Waals surface area contributed by atoms with Crippen LogP contribution in [0.25, 0.3) is 6.08 Å². The van der Waals surface area contributed by atoms with Gasteiger partial charge >= 0.3 is 6.18 Å². The molecule has 1 N–H and O–H groups in total. The van der Waals surface area contributed by atoms with Gasteiger partial charge in [0.15, 0.2) is 5.84 Å². The first-order valence-corrected chi connectivity index (χ1v) is 7.17. The number of fused-ring (bicyclic) bond motifs is 1. The predicted octanol–water partition coefficient (Wildman–Crippen LogP) is 2.93. The molecule has 3 rings (SSSR count). The summed E-state index contributed by atoms with van der Waals surface area (Å²) in [7, 11) is 0. The van der Waals surface area contributed by atoms with E-state index in [1.54, 1.807) is 17.5 Å². The molecule has 3 heterocycles. The summed E-state index contributed by atoms with van der Waals surface area (Å²) in [6.07, 6.45) is -3.22. The molecular weight excluding hydrogens is 325 g/mol. The topological polar surface area (TPSA) is 68.9 Å². The molecule has 21 heavy (non-hydrogen) atoms. The number of alkyl halides is 3. The third-order valence-electron chi connectivity index (χ3n) is 2.53. The number of nitrogens with one attached hydrogen (secondary N) is 1. The molecule has 0 saturated carbocycles. The van der Waals surface area contributed by atoms with Crippen molar-refractivity contribution < 1.29 is 18.0 Å². The first-order chi connectivity index (χ1) is 9.86. The van der Waals surface area contributed by atoms with Crippen LogP contribution in [-0.4, -0.2) is 33.1 Å². The van der Waals surface area contributed by atoms with E-state index in [9.17, 15) is 18.0 Å². The van der Waals surface area contributed by atoms with E-state index in [0.717, 1.165) is 5.01 Å². The van der Waals surface area contributed by atoms with E-state index >= 15 is 0 Å². The third-order valence-corrected chi connectivity index (χ3v) is 4.30. The van der Waals surface area contributed by atoms with Crippen LogP contribution < -0.4 is 0 Å². The standard InChI is InChI=1S/C11H5F3N4OS2/c12-11(13,14)9-17-18-7(15)6(4-5-2-1-3-20-5)8(19)16-10(18)21-9/h1-4,15H. The quantitative estimate of drug-likeness (QED) is 0.805. The molecule has 108 valence electrons. The highest BCUT2D eigenvalue weighted by Crippen LogP contribution is 2.35. The summed E-state index contributed by atoms with van der Waals surface area (Å²) in [5, 5.41) is 12.3. The number of amidine groups is 2. The first-order valence-electron chi connectivity index (χ1n) is 5.47. The van der Waals surface area contributed by atoms with Crippen LogP contribution in [0.2, 0.25) is 0 Å². The zero-order valence-electron chi connectivity index (χ0n) is 10.0. The van der Waals surface area contributed by atoms with E-state index in [1.165, 1.54) is 17.4 Å². The Balaban J connectivity index is 1.99. The van der Waals surface area contributed by atoms with Gasteiger partial charge in [0.25, 0.3) is 5.91 Å². The molecule has 2 aliphatic rings. The predicted molar refractivity (Wildman–Crippen MR) is 75.4 cm³/mol. The molecule has 1 aromatic heterocycles. The normalized spacial score (nSPS) is 20.7. The van der Waals surface area contributed by atoms with Crippen LogP contribution in [0.1, 0.15) is 4.88 Å². The number of thioether (sulfide) groups is 1. The Hall–Kier alpha value is -1.94. The molecule has 0 saturated heterocycles. The Morgan fingerprint density at radius 1 is 1.38 bits per heavy atom. The van der Waals surface area contributed by atoms with E-state index in [1.807, 2.05) is 0 Å². The summed E-state index contributed by atoms with van der Waals surface area (Å²) >= 11 is 1.57. The summed E-state index contributed by atoms with van der Waals surface area (Å²) in [6, 6.07) is 3.48. The number of nitrogens with zero attached hydrogens (tertiary/aromatic N) is 3. The maximum Gasteiger partial charge on any atom is 0.441 e. The second kappa shape index (κ2) is 4.81. The van der Waals surface area contributed by atoms with Crippen LogP contribution >= 0.6 is 23.1 Å². The summed E-state index contributed by atoms with van der Waals surface area (Å²) in [4.78, 5) is 16.1. The zero-order valence-corrected chi connectivity index (χ0v) is 11.6. The highest BCUT2D eigenvalue weighted by Gasteiger charge is 2.46. The number of hydrazone groups is 1. The van der Waals surface area contributed by atoms with Gasteiger partial charge in [-0.2, -0.15) is 28.3 Å². The summed E-state index contributed by atoms with van der Waals surface area (Å²) < 4.78 is 37.9. The average Bonchev–Trinajstić information content (AvgIpc) is 3.02. The van der Waals surface area contributed by atoms with Gasteiger partial charge in [-0.3, -0.25) is 10.2 Å². The molecule has 0 fully saturated rings. The van der Waals surface area contributed by atoms with Crippen molar-refractivity contribution in [2.24, 2.45) is 10.1 Å². The molecule has 2 aliphatic heterocycles. The lowest BCUT2D eigenvalue weighted by Gasteiger charge is -2.19. The molecule has 1 aromatic rings. The number of thiophene rings is 1. The molecule has 0 atom stereocenters. The van der Waals surface area contributed by atoms with Crippen LogP contribution in [0, 0.1) is 5.41 Å². The Kier molecular flexibility index (Phi) is 3.21. The number of carbonyl (C=O) groups is 1. The van der Waals surface area contributed by atoms with Gasteiger partial charge in [0.05, 0.1) is 5.57 Å². The largest absolute Gasteiger partial charge is 0.441 e. The van der Waals surface area contributed by atoms with E-state index in [0.29, 0.717) is 4.88 Å². The van der Waals surface area contributed by atoms with Crippen LogP contribution in [0.4, 0.5) is 13.2 Å². The minimum absolute atomic E-state index is 0.0889. The Morgan fingerprint density at radius 3 is 2.76 bits per heavy atom. The maximum absolute atomic E-state index is 12.6. The first kappa shape index (κ1) is 14.0. The number of hydrogen-bond acceptors (Lipinski definition) is 5. The number of amides is 1. The molecule has 0 bridgehead atoms. The Bertz CT molecular complexity index is 718. The lowest BCUT2D eigenvalue weighted by Crippen LogP contribution is -2.35. The lowest BCUT2D eigenvalue weighted by atomic mass is 10.1. The smallest absolute Gasteiger partial charge is 0.282 e. The maximum atomic E-state index is 12.6. The number of aliphatic imine (C=N–C) groups is 1. The van der Waals surface area contributed by atoms with Crippen molar-refractivity contribution in [2.45, 2.75) is 6.18 Å². The fraction of sp³-hybridized carbons (Fsp3) is 0.0909. The van der Waals surface area contributed by atoms with Crippen molar-refractivity contribution in [2.75, 3.05) is 0 Å². The van der Waals surface area contributed by atoms with Gasteiger partial charge < -0.3 is 0 Å². The van der Waals surface area contributed by atoms with Crippen molar-refractivity contribution in [1.29, 1.82) is 5.41 Å². The van der Waals surface area contributed by atoms with Gasteiger partial charge in [0, 0.05) is 4.88 Å². The van der Waals surface area contributed by atoms with Crippen molar-refractivity contribution in [1.82, 2.24) is 5.01 Å². The molecule has 0 radical (unpaired) electrons. The SMILES string of the molecule is N=C1C(=Cc2cccs2)C(=O)N=C2SC(C(F)(F)F)=NN12. The molecule has 5 nitrogen and oxygen atoms in total. The number of carbonyl (C=O) groups excluding carboxylic acids is 1. The van der Waals surface area contributed by atoms with Crippen LogP contribution in [-0.2, 0) is 4.79 Å². The highest BCUT2D eigenvalue weighted by atomic mass is 32.2. The molecule has 0 unspecified atom stereocenters. The molecule has 10 heteroatoms. The van der Waals surface area contributed by atoms with Gasteiger partial charge in [0.2, 0.25) is 10.2 Å². The Morgan fingerprint density at radius 2 is 2.14 bits per heavy atom.